The van der Waals surface area contributed by atoms with E-state index in [0.717, 1.165) is 43.1 Å². The number of anilines is 1. The molecule has 1 saturated carbocycles. The summed E-state index contributed by atoms with van der Waals surface area (Å²) < 4.78 is 64.3. The fourth-order valence-corrected chi connectivity index (χ4v) is 8.44. The van der Waals surface area contributed by atoms with Gasteiger partial charge in [-0.3, -0.25) is 8.98 Å². The van der Waals surface area contributed by atoms with E-state index in [1.807, 2.05) is 18.2 Å². The Kier molecular flexibility index (Phi) is 10.4. The van der Waals surface area contributed by atoms with E-state index in [0.29, 0.717) is 36.0 Å². The van der Waals surface area contributed by atoms with Crippen molar-refractivity contribution in [3.05, 3.63) is 70.3 Å². The minimum absolute atomic E-state index is 0.0195. The highest BCUT2D eigenvalue weighted by atomic mass is 35.5. The topological polar surface area (TPSA) is 139 Å². The Morgan fingerprint density at radius 3 is 2.63 bits per heavy atom. The number of hydrogen-bond acceptors (Lipinski definition) is 9. The molecule has 5 rings (SSSR count). The summed E-state index contributed by atoms with van der Waals surface area (Å²) in [7, 11) is -7.89. The van der Waals surface area contributed by atoms with Crippen LogP contribution < -0.4 is 14.4 Å². The number of amides is 1. The molecule has 0 radical (unpaired) electrons. The third kappa shape index (κ3) is 8.07. The maximum atomic E-state index is 13.4. The summed E-state index contributed by atoms with van der Waals surface area (Å²) in [5.41, 5.74) is 1.37. The van der Waals surface area contributed by atoms with Crippen LogP contribution in [0.1, 0.15) is 67.4 Å². The van der Waals surface area contributed by atoms with Gasteiger partial charge in [-0.2, -0.15) is 8.42 Å². The van der Waals surface area contributed by atoms with Gasteiger partial charge in [-0.1, -0.05) is 36.7 Å². The Morgan fingerprint density at radius 1 is 1.13 bits per heavy atom. The molecule has 0 saturated heterocycles. The van der Waals surface area contributed by atoms with Gasteiger partial charge in [0.2, 0.25) is 10.0 Å². The Morgan fingerprint density at radius 2 is 1.91 bits per heavy atom. The van der Waals surface area contributed by atoms with Crippen LogP contribution >= 0.6 is 11.6 Å². The van der Waals surface area contributed by atoms with Crippen molar-refractivity contribution in [3.8, 4) is 5.75 Å². The normalized spacial score (nSPS) is 29.5. The van der Waals surface area contributed by atoms with Crippen molar-refractivity contribution >= 4 is 43.3 Å². The second-order valence-electron chi connectivity index (χ2n) is 13.0. The van der Waals surface area contributed by atoms with Gasteiger partial charge in [0.25, 0.3) is 16.0 Å². The number of benzene rings is 2. The van der Waals surface area contributed by atoms with Gasteiger partial charge in [0, 0.05) is 23.7 Å². The molecular weight excluding hydrogens is 652 g/mol. The lowest BCUT2D eigenvalue weighted by Crippen LogP contribution is -2.52. The van der Waals surface area contributed by atoms with Crippen molar-refractivity contribution in [1.82, 2.24) is 4.72 Å². The standard InChI is InChI=1S/C33H43ClN2O8S2/c1-22-7-6-15-33(38,21-44-45(3,39)40)29-13-10-26(29)19-36-16-5-4-8-24-17-28(34)12-9-27(24)20-43-31-14-11-25(18-30(31)36)32(37)35-46(41,42)23(22)2/h6,9,11-12,14-15,17-18,22-23,26,29,38H,4-5,7-8,10,13,16,19-21H2,1-3H3,(H,35,37)/b15-6+/t22-,23+,26-,29+,33-/m0/s1. The minimum Gasteiger partial charge on any atom is -0.487 e. The first-order valence-corrected chi connectivity index (χ1v) is 19.5. The molecule has 252 valence electrons. The van der Waals surface area contributed by atoms with Gasteiger partial charge in [0.1, 0.15) is 18.0 Å². The predicted octanol–water partition coefficient (Wildman–Crippen LogP) is 4.84. The highest BCUT2D eigenvalue weighted by Crippen LogP contribution is 2.45. The van der Waals surface area contributed by atoms with Gasteiger partial charge in [-0.05, 0) is 105 Å². The van der Waals surface area contributed by atoms with Crippen molar-refractivity contribution in [1.29, 1.82) is 0 Å². The summed E-state index contributed by atoms with van der Waals surface area (Å²) in [5, 5.41) is 11.7. The number of nitrogens with one attached hydrogen (secondary N) is 1. The maximum absolute atomic E-state index is 13.4. The zero-order valence-electron chi connectivity index (χ0n) is 26.4. The number of nitrogens with zero attached hydrogens (tertiary/aromatic N) is 1. The van der Waals surface area contributed by atoms with Crippen molar-refractivity contribution in [3.63, 3.8) is 0 Å². The first kappa shape index (κ1) is 34.7. The van der Waals surface area contributed by atoms with Crippen LogP contribution in [0.25, 0.3) is 0 Å². The van der Waals surface area contributed by atoms with Crippen LogP contribution in [0.5, 0.6) is 5.75 Å². The summed E-state index contributed by atoms with van der Waals surface area (Å²) in [6.07, 6.45) is 8.45. The number of fused-ring (bicyclic) bond motifs is 3. The molecule has 2 aromatic rings. The Hall–Kier alpha value is -2.64. The Bertz CT molecular complexity index is 1700. The van der Waals surface area contributed by atoms with E-state index >= 15 is 0 Å². The van der Waals surface area contributed by atoms with Gasteiger partial charge >= 0.3 is 0 Å². The molecule has 1 amide bonds. The number of carbonyl (C=O) groups excluding carboxylic acids is 1. The van der Waals surface area contributed by atoms with Gasteiger partial charge in [0.15, 0.2) is 0 Å². The molecule has 2 N–H and O–H groups in total. The summed E-state index contributed by atoms with van der Waals surface area (Å²) in [6, 6.07) is 10.7. The summed E-state index contributed by atoms with van der Waals surface area (Å²) >= 11 is 6.31. The quantitative estimate of drug-likeness (QED) is 0.341. The third-order valence-corrected chi connectivity index (χ3v) is 12.4. The molecule has 5 atom stereocenters. The first-order valence-electron chi connectivity index (χ1n) is 15.7. The van der Waals surface area contributed by atoms with Gasteiger partial charge in [-0.25, -0.2) is 13.1 Å². The lowest BCUT2D eigenvalue weighted by Gasteiger charge is -2.48. The molecule has 2 aliphatic heterocycles. The molecule has 1 fully saturated rings. The van der Waals surface area contributed by atoms with E-state index in [4.69, 9.17) is 20.5 Å². The van der Waals surface area contributed by atoms with Gasteiger partial charge in [0.05, 0.1) is 23.8 Å². The fourth-order valence-electron chi connectivity index (χ4n) is 6.55. The second-order valence-corrected chi connectivity index (χ2v) is 17.1. The van der Waals surface area contributed by atoms with E-state index in [1.165, 1.54) is 6.92 Å². The van der Waals surface area contributed by atoms with Crippen LogP contribution in [0.4, 0.5) is 5.69 Å². The SMILES string of the molecule is C[C@@H]1[C@@H](C)C/C=C/[C@](O)(COS(C)(=O)=O)[C@@H]2CC[C@H]2CN2CCCCc3cc(Cl)ccc3COc3ccc(cc32)C(=O)NS1(=O)=O. The Balaban J connectivity index is 1.57. The van der Waals surface area contributed by atoms with Gasteiger partial charge in [-0.15, -0.1) is 0 Å². The number of allylic oxidation sites excluding steroid dienone is 1. The number of ether oxygens (including phenoxy) is 1. The van der Waals surface area contributed by atoms with Crippen molar-refractivity contribution in [2.24, 2.45) is 17.8 Å². The van der Waals surface area contributed by atoms with Crippen LogP contribution in [0.2, 0.25) is 5.02 Å². The molecule has 0 aromatic heterocycles. The van der Waals surface area contributed by atoms with Crippen LogP contribution in [-0.2, 0) is 37.4 Å². The van der Waals surface area contributed by atoms with Crippen molar-refractivity contribution < 1.29 is 35.7 Å². The zero-order chi connectivity index (χ0) is 33.3. The van der Waals surface area contributed by atoms with Gasteiger partial charge < -0.3 is 14.7 Å². The third-order valence-electron chi connectivity index (χ3n) is 9.70. The zero-order valence-corrected chi connectivity index (χ0v) is 28.8. The Labute approximate surface area is 277 Å². The second kappa shape index (κ2) is 13.8. The molecule has 46 heavy (non-hydrogen) atoms. The molecule has 1 aliphatic carbocycles. The molecule has 10 nitrogen and oxygen atoms in total. The van der Waals surface area contributed by atoms with E-state index in [2.05, 4.69) is 9.62 Å². The van der Waals surface area contributed by atoms with E-state index < -0.39 is 49.4 Å². The number of aliphatic hydroxyl groups is 1. The number of sulfonamides is 1. The number of rotatable bonds is 3. The van der Waals surface area contributed by atoms with Crippen molar-refractivity contribution in [2.75, 3.05) is 30.9 Å². The predicted molar refractivity (Wildman–Crippen MR) is 178 cm³/mol. The molecular formula is C33H43ClN2O8S2. The molecule has 2 heterocycles. The summed E-state index contributed by atoms with van der Waals surface area (Å²) in [6.45, 7) is 4.25. The summed E-state index contributed by atoms with van der Waals surface area (Å²) in [4.78, 5) is 15.5. The highest BCUT2D eigenvalue weighted by Gasteiger charge is 2.46. The molecule has 13 heteroatoms. The maximum Gasteiger partial charge on any atom is 0.264 e. The number of hydrogen-bond donors (Lipinski definition) is 2. The molecule has 0 spiro atoms. The minimum atomic E-state index is -4.06. The number of aryl methyl sites for hydroxylation is 1. The first-order chi connectivity index (χ1) is 21.6. The number of carbonyl (C=O) groups is 1. The van der Waals surface area contributed by atoms with Crippen LogP contribution in [-0.4, -0.2) is 64.7 Å². The molecule has 3 aliphatic rings. The monoisotopic (exact) mass is 694 g/mol. The molecule has 0 unspecified atom stereocenters. The smallest absolute Gasteiger partial charge is 0.264 e. The average Bonchev–Trinajstić information content (AvgIpc) is 3.00. The lowest BCUT2D eigenvalue weighted by molar-refractivity contribution is -0.0696. The fraction of sp³-hybridized carbons (Fsp3) is 0.545. The largest absolute Gasteiger partial charge is 0.487 e. The van der Waals surface area contributed by atoms with Crippen LogP contribution in [0.15, 0.2) is 48.6 Å². The summed E-state index contributed by atoms with van der Waals surface area (Å²) in [5.74, 6) is -0.922. The molecule has 2 aromatic carbocycles. The van der Waals surface area contributed by atoms with E-state index in [1.54, 1.807) is 37.3 Å². The van der Waals surface area contributed by atoms with E-state index in [9.17, 15) is 26.7 Å². The highest BCUT2D eigenvalue weighted by molar-refractivity contribution is 7.90. The average molecular weight is 695 g/mol. The van der Waals surface area contributed by atoms with E-state index in [-0.39, 0.29) is 30.4 Å². The lowest BCUT2D eigenvalue weighted by atomic mass is 9.64. The van der Waals surface area contributed by atoms with Crippen molar-refractivity contribution in [2.45, 2.75) is 69.8 Å². The number of halogens is 1. The van der Waals surface area contributed by atoms with Crippen LogP contribution in [0, 0.1) is 17.8 Å². The molecule has 2 bridgehead atoms. The van der Waals surface area contributed by atoms with Crippen LogP contribution in [0.3, 0.4) is 0 Å².